The third kappa shape index (κ3) is 3.08. The molecule has 0 saturated heterocycles. The van der Waals surface area contributed by atoms with E-state index >= 15 is 0 Å². The van der Waals surface area contributed by atoms with E-state index in [0.29, 0.717) is 17.1 Å². The quantitative estimate of drug-likeness (QED) is 0.623. The molecule has 0 spiro atoms. The largest absolute Gasteiger partial charge is 0.326 e. The molecule has 1 aromatic rings. The Morgan fingerprint density at radius 1 is 1.50 bits per heavy atom. The SMILES string of the molecule is O=S(=O)(Cl)c1cnn(CC(F)(F)C(F)F)c1. The van der Waals surface area contributed by atoms with Crippen molar-refractivity contribution in [2.24, 2.45) is 0 Å². The fourth-order valence-corrected chi connectivity index (χ4v) is 1.50. The lowest BCUT2D eigenvalue weighted by atomic mass is 10.3. The lowest BCUT2D eigenvalue weighted by molar-refractivity contribution is -0.139. The average Bonchev–Trinajstić information content (AvgIpc) is 2.50. The molecule has 0 fully saturated rings. The second-order valence-corrected chi connectivity index (χ2v) is 5.44. The Kier molecular flexibility index (Phi) is 3.48. The molecule has 0 saturated carbocycles. The van der Waals surface area contributed by atoms with Gasteiger partial charge in [-0.05, 0) is 0 Å². The van der Waals surface area contributed by atoms with Gasteiger partial charge in [-0.1, -0.05) is 0 Å². The normalized spacial score (nSPS) is 13.4. The van der Waals surface area contributed by atoms with Gasteiger partial charge in [-0.25, -0.2) is 17.2 Å². The van der Waals surface area contributed by atoms with Gasteiger partial charge in [0.1, 0.15) is 11.4 Å². The molecule has 1 aromatic heterocycles. The summed E-state index contributed by atoms with van der Waals surface area (Å²) in [7, 11) is 0.788. The molecule has 0 aliphatic heterocycles. The van der Waals surface area contributed by atoms with Crippen LogP contribution >= 0.6 is 10.7 Å². The standard InChI is InChI=1S/C6H5ClF4N2O2S/c7-16(14,15)4-1-12-13(2-4)3-6(10,11)5(8)9/h1-2,5H,3H2. The molecule has 16 heavy (non-hydrogen) atoms. The molecule has 0 amide bonds. The van der Waals surface area contributed by atoms with Gasteiger partial charge in [-0.15, -0.1) is 0 Å². The average molecular weight is 281 g/mol. The van der Waals surface area contributed by atoms with E-state index in [4.69, 9.17) is 10.7 Å². The van der Waals surface area contributed by atoms with Crippen LogP contribution in [0.25, 0.3) is 0 Å². The van der Waals surface area contributed by atoms with Gasteiger partial charge in [-0.2, -0.15) is 13.9 Å². The topological polar surface area (TPSA) is 52.0 Å². The van der Waals surface area contributed by atoms with Crippen LogP contribution in [0.3, 0.4) is 0 Å². The Labute approximate surface area is 92.2 Å². The van der Waals surface area contributed by atoms with Crippen LogP contribution in [-0.2, 0) is 15.6 Å². The lowest BCUT2D eigenvalue weighted by Crippen LogP contribution is -2.32. The van der Waals surface area contributed by atoms with Crippen LogP contribution in [0.5, 0.6) is 0 Å². The predicted molar refractivity (Wildman–Crippen MR) is 46.2 cm³/mol. The van der Waals surface area contributed by atoms with E-state index < -0.39 is 32.8 Å². The van der Waals surface area contributed by atoms with Crippen molar-refractivity contribution in [1.29, 1.82) is 0 Å². The molecule has 4 nitrogen and oxygen atoms in total. The summed E-state index contributed by atoms with van der Waals surface area (Å²) in [6, 6.07) is 0. The van der Waals surface area contributed by atoms with Crippen molar-refractivity contribution in [1.82, 2.24) is 9.78 Å². The van der Waals surface area contributed by atoms with Crippen LogP contribution in [0.4, 0.5) is 17.6 Å². The molecule has 0 bridgehead atoms. The number of rotatable bonds is 4. The van der Waals surface area contributed by atoms with Gasteiger partial charge in [0.05, 0.1) is 6.20 Å². The minimum Gasteiger partial charge on any atom is -0.265 e. The summed E-state index contributed by atoms with van der Waals surface area (Å²) in [4.78, 5) is -0.528. The van der Waals surface area contributed by atoms with Crippen molar-refractivity contribution in [3.05, 3.63) is 12.4 Å². The van der Waals surface area contributed by atoms with Crippen molar-refractivity contribution >= 4 is 19.7 Å². The maximum atomic E-state index is 12.5. The van der Waals surface area contributed by atoms with Crippen LogP contribution < -0.4 is 0 Å². The van der Waals surface area contributed by atoms with Gasteiger partial charge in [0.15, 0.2) is 0 Å². The van der Waals surface area contributed by atoms with Crippen molar-refractivity contribution in [3.63, 3.8) is 0 Å². The fourth-order valence-electron chi connectivity index (χ4n) is 0.842. The smallest absolute Gasteiger partial charge is 0.265 e. The molecule has 0 radical (unpaired) electrons. The van der Waals surface area contributed by atoms with Gasteiger partial charge < -0.3 is 0 Å². The Morgan fingerprint density at radius 2 is 2.06 bits per heavy atom. The molecule has 92 valence electrons. The minimum absolute atomic E-state index is 0.390. The van der Waals surface area contributed by atoms with Crippen LogP contribution in [-0.4, -0.2) is 30.5 Å². The van der Waals surface area contributed by atoms with E-state index in [1.807, 2.05) is 0 Å². The number of aromatic nitrogens is 2. The number of halogens is 5. The molecule has 0 aromatic carbocycles. The molecule has 0 aliphatic rings. The minimum atomic E-state index is -4.28. The van der Waals surface area contributed by atoms with E-state index in [1.54, 1.807) is 0 Å². The van der Waals surface area contributed by atoms with Crippen molar-refractivity contribution in [2.75, 3.05) is 0 Å². The van der Waals surface area contributed by atoms with Crippen molar-refractivity contribution < 1.29 is 26.0 Å². The highest BCUT2D eigenvalue weighted by molar-refractivity contribution is 8.13. The van der Waals surface area contributed by atoms with Gasteiger partial charge in [0.2, 0.25) is 0 Å². The Morgan fingerprint density at radius 3 is 2.44 bits per heavy atom. The molecule has 0 atom stereocenters. The van der Waals surface area contributed by atoms with Crippen molar-refractivity contribution in [2.45, 2.75) is 23.8 Å². The van der Waals surface area contributed by atoms with E-state index in [9.17, 15) is 26.0 Å². The zero-order chi connectivity index (χ0) is 12.6. The number of hydrogen-bond acceptors (Lipinski definition) is 3. The third-order valence-electron chi connectivity index (χ3n) is 1.58. The molecular formula is C6H5ClF4N2O2S. The van der Waals surface area contributed by atoms with Crippen molar-refractivity contribution in [3.8, 4) is 0 Å². The summed E-state index contributed by atoms with van der Waals surface area (Å²) in [6.45, 7) is -1.42. The first-order valence-corrected chi connectivity index (χ1v) is 6.07. The van der Waals surface area contributed by atoms with E-state index in [1.165, 1.54) is 0 Å². The second kappa shape index (κ2) is 4.21. The van der Waals surface area contributed by atoms with Gasteiger partial charge in [0, 0.05) is 16.9 Å². The van der Waals surface area contributed by atoms with E-state index in [0.717, 1.165) is 0 Å². The number of alkyl halides is 4. The van der Waals surface area contributed by atoms with Crippen LogP contribution in [0.15, 0.2) is 17.3 Å². The fraction of sp³-hybridized carbons (Fsp3) is 0.500. The monoisotopic (exact) mass is 280 g/mol. The van der Waals surface area contributed by atoms with E-state index in [-0.39, 0.29) is 0 Å². The zero-order valence-electron chi connectivity index (χ0n) is 7.45. The van der Waals surface area contributed by atoms with E-state index in [2.05, 4.69) is 5.10 Å². The van der Waals surface area contributed by atoms with Crippen LogP contribution in [0.2, 0.25) is 0 Å². The highest BCUT2D eigenvalue weighted by Crippen LogP contribution is 2.25. The molecule has 0 N–H and O–H groups in total. The van der Waals surface area contributed by atoms with Crippen LogP contribution in [0, 0.1) is 0 Å². The predicted octanol–water partition coefficient (Wildman–Crippen LogP) is 1.71. The Bertz CT molecular complexity index is 473. The lowest BCUT2D eigenvalue weighted by Gasteiger charge is -2.14. The molecule has 0 aliphatic carbocycles. The Hall–Kier alpha value is -0.830. The van der Waals surface area contributed by atoms with Gasteiger partial charge in [0.25, 0.3) is 9.05 Å². The highest BCUT2D eigenvalue weighted by Gasteiger charge is 2.41. The first kappa shape index (κ1) is 13.2. The number of hydrogen-bond donors (Lipinski definition) is 0. The summed E-state index contributed by atoms with van der Waals surface area (Å²) in [6.07, 6.45) is -2.50. The maximum Gasteiger partial charge on any atom is 0.326 e. The van der Waals surface area contributed by atoms with Crippen LogP contribution in [0.1, 0.15) is 0 Å². The summed E-state index contributed by atoms with van der Waals surface area (Å²) in [5.41, 5.74) is 0. The summed E-state index contributed by atoms with van der Waals surface area (Å²) in [5.74, 6) is -4.28. The first-order chi connectivity index (χ1) is 7.13. The summed E-state index contributed by atoms with van der Waals surface area (Å²) < 4.78 is 70.5. The first-order valence-electron chi connectivity index (χ1n) is 3.76. The second-order valence-electron chi connectivity index (χ2n) is 2.87. The third-order valence-corrected chi connectivity index (χ3v) is 2.89. The summed E-state index contributed by atoms with van der Waals surface area (Å²) >= 11 is 0. The molecule has 1 heterocycles. The molecular weight excluding hydrogens is 276 g/mol. The molecule has 10 heteroatoms. The van der Waals surface area contributed by atoms with Gasteiger partial charge in [-0.3, -0.25) is 4.68 Å². The molecule has 0 unspecified atom stereocenters. The zero-order valence-corrected chi connectivity index (χ0v) is 9.02. The maximum absolute atomic E-state index is 12.5. The van der Waals surface area contributed by atoms with Gasteiger partial charge >= 0.3 is 12.3 Å². The Balaban J connectivity index is 2.89. The summed E-state index contributed by atoms with van der Waals surface area (Å²) in [5, 5.41) is 3.19. The molecule has 1 rings (SSSR count). The highest BCUT2D eigenvalue weighted by atomic mass is 35.7. The number of nitrogens with zero attached hydrogens (tertiary/aromatic N) is 2.